The zero-order valence-electron chi connectivity index (χ0n) is 17.8. The molecule has 1 aliphatic heterocycles. The number of furan rings is 1. The molecule has 3 rings (SSSR count). The molecule has 0 bridgehead atoms. The molecule has 1 aliphatic rings. The van der Waals surface area contributed by atoms with E-state index in [0.717, 1.165) is 17.5 Å². The highest BCUT2D eigenvalue weighted by Gasteiger charge is 2.32. The Bertz CT molecular complexity index is 796. The summed E-state index contributed by atoms with van der Waals surface area (Å²) in [5.41, 5.74) is 2.12. The minimum atomic E-state index is -0.376. The van der Waals surface area contributed by atoms with Crippen LogP contribution in [0.3, 0.4) is 0 Å². The topological polar surface area (TPSA) is 75.0 Å². The largest absolute Gasteiger partial charge is 0.459 e. The van der Waals surface area contributed by atoms with Gasteiger partial charge in [0.25, 0.3) is 5.91 Å². The van der Waals surface area contributed by atoms with E-state index in [4.69, 9.17) is 9.15 Å². The van der Waals surface area contributed by atoms with Gasteiger partial charge in [-0.1, -0.05) is 29.8 Å². The van der Waals surface area contributed by atoms with Crippen molar-refractivity contribution in [3.63, 3.8) is 0 Å². The SMILES string of the molecule is CCOCCCNC(=O)[C@H](c1ccc(C)cc1)N1CCN(C(=O)c2ccco2)CC1. The summed E-state index contributed by atoms with van der Waals surface area (Å²) in [6.07, 6.45) is 2.29. The summed E-state index contributed by atoms with van der Waals surface area (Å²) < 4.78 is 10.6. The average molecular weight is 414 g/mol. The van der Waals surface area contributed by atoms with E-state index in [2.05, 4.69) is 10.2 Å². The normalized spacial score (nSPS) is 15.7. The number of nitrogens with zero attached hydrogens (tertiary/aromatic N) is 2. The van der Waals surface area contributed by atoms with Crippen LogP contribution in [0.1, 0.15) is 41.1 Å². The van der Waals surface area contributed by atoms with Crippen molar-refractivity contribution < 1.29 is 18.7 Å². The summed E-state index contributed by atoms with van der Waals surface area (Å²) in [7, 11) is 0. The number of rotatable bonds is 9. The monoisotopic (exact) mass is 413 g/mol. The number of aryl methyl sites for hydroxylation is 1. The lowest BCUT2D eigenvalue weighted by Crippen LogP contribution is -2.52. The van der Waals surface area contributed by atoms with Crippen molar-refractivity contribution in [2.75, 3.05) is 45.9 Å². The third-order valence-electron chi connectivity index (χ3n) is 5.31. The Kier molecular flexibility index (Phi) is 8.04. The molecule has 2 amide bonds. The van der Waals surface area contributed by atoms with Gasteiger partial charge in [-0.25, -0.2) is 0 Å². The zero-order chi connectivity index (χ0) is 21.3. The second-order valence-electron chi connectivity index (χ2n) is 7.46. The van der Waals surface area contributed by atoms with E-state index in [1.807, 2.05) is 38.1 Å². The van der Waals surface area contributed by atoms with E-state index in [0.29, 0.717) is 51.7 Å². The molecule has 7 heteroatoms. The van der Waals surface area contributed by atoms with Crippen molar-refractivity contribution in [3.8, 4) is 0 Å². The van der Waals surface area contributed by atoms with Crippen LogP contribution in [-0.2, 0) is 9.53 Å². The predicted octanol–water partition coefficient (Wildman–Crippen LogP) is 2.63. The van der Waals surface area contributed by atoms with Gasteiger partial charge in [-0.2, -0.15) is 0 Å². The lowest BCUT2D eigenvalue weighted by molar-refractivity contribution is -0.127. The Balaban J connectivity index is 1.64. The molecule has 162 valence electrons. The van der Waals surface area contributed by atoms with Crippen molar-refractivity contribution in [3.05, 3.63) is 59.5 Å². The Morgan fingerprint density at radius 2 is 1.87 bits per heavy atom. The van der Waals surface area contributed by atoms with Crippen molar-refractivity contribution >= 4 is 11.8 Å². The molecule has 1 saturated heterocycles. The lowest BCUT2D eigenvalue weighted by Gasteiger charge is -2.38. The molecule has 7 nitrogen and oxygen atoms in total. The van der Waals surface area contributed by atoms with Gasteiger partial charge in [-0.15, -0.1) is 0 Å². The van der Waals surface area contributed by atoms with Gasteiger partial charge < -0.3 is 19.4 Å². The van der Waals surface area contributed by atoms with Crippen LogP contribution in [0, 0.1) is 6.92 Å². The van der Waals surface area contributed by atoms with Crippen LogP contribution in [0.15, 0.2) is 47.1 Å². The van der Waals surface area contributed by atoms with Gasteiger partial charge in [0.1, 0.15) is 6.04 Å². The standard InChI is InChI=1S/C23H31N3O4/c1-3-29-16-5-11-24-22(27)21(19-9-7-18(2)8-10-19)25-12-14-26(15-13-25)23(28)20-6-4-17-30-20/h4,6-10,17,21H,3,5,11-16H2,1-2H3,(H,24,27)/t21-/m0/s1. The van der Waals surface area contributed by atoms with E-state index < -0.39 is 0 Å². The van der Waals surface area contributed by atoms with Crippen LogP contribution >= 0.6 is 0 Å². The molecule has 1 aromatic heterocycles. The van der Waals surface area contributed by atoms with E-state index >= 15 is 0 Å². The summed E-state index contributed by atoms with van der Waals surface area (Å²) in [5, 5.41) is 3.05. The molecule has 1 fully saturated rings. The summed E-state index contributed by atoms with van der Waals surface area (Å²) in [4.78, 5) is 29.5. The van der Waals surface area contributed by atoms with E-state index in [9.17, 15) is 9.59 Å². The number of ether oxygens (including phenoxy) is 1. The van der Waals surface area contributed by atoms with E-state index in [1.165, 1.54) is 6.26 Å². The summed E-state index contributed by atoms with van der Waals surface area (Å²) >= 11 is 0. The minimum Gasteiger partial charge on any atom is -0.459 e. The van der Waals surface area contributed by atoms with Crippen LogP contribution in [0.2, 0.25) is 0 Å². The Hall–Kier alpha value is -2.64. The van der Waals surface area contributed by atoms with Crippen molar-refractivity contribution in [2.45, 2.75) is 26.3 Å². The highest BCUT2D eigenvalue weighted by atomic mass is 16.5. The number of benzene rings is 1. The molecule has 30 heavy (non-hydrogen) atoms. The first-order valence-electron chi connectivity index (χ1n) is 10.6. The molecule has 0 unspecified atom stereocenters. The predicted molar refractivity (Wildman–Crippen MR) is 114 cm³/mol. The highest BCUT2D eigenvalue weighted by Crippen LogP contribution is 2.24. The number of hydrogen-bond donors (Lipinski definition) is 1. The van der Waals surface area contributed by atoms with Crippen LogP contribution < -0.4 is 5.32 Å². The molecule has 0 aliphatic carbocycles. The number of carbonyl (C=O) groups excluding carboxylic acids is 2. The summed E-state index contributed by atoms with van der Waals surface area (Å²) in [5.74, 6) is 0.235. The summed E-state index contributed by atoms with van der Waals surface area (Å²) in [6.45, 7) is 8.25. The fourth-order valence-electron chi connectivity index (χ4n) is 3.64. The third kappa shape index (κ3) is 5.70. The average Bonchev–Trinajstić information content (AvgIpc) is 3.30. The number of piperazine rings is 1. The lowest BCUT2D eigenvalue weighted by atomic mass is 10.0. The van der Waals surface area contributed by atoms with Gasteiger partial charge in [-0.05, 0) is 38.0 Å². The molecule has 1 N–H and O–H groups in total. The fraction of sp³-hybridized carbons (Fsp3) is 0.478. The molecule has 2 heterocycles. The van der Waals surface area contributed by atoms with Crippen molar-refractivity contribution in [1.29, 1.82) is 0 Å². The Morgan fingerprint density at radius 1 is 1.13 bits per heavy atom. The van der Waals surface area contributed by atoms with Crippen molar-refractivity contribution in [2.24, 2.45) is 0 Å². The van der Waals surface area contributed by atoms with E-state index in [-0.39, 0.29) is 17.9 Å². The Morgan fingerprint density at radius 3 is 2.50 bits per heavy atom. The van der Waals surface area contributed by atoms with Gasteiger partial charge in [0.05, 0.1) is 6.26 Å². The van der Waals surface area contributed by atoms with Crippen molar-refractivity contribution in [1.82, 2.24) is 15.1 Å². The van der Waals surface area contributed by atoms with E-state index in [1.54, 1.807) is 17.0 Å². The molecule has 1 atom stereocenters. The maximum absolute atomic E-state index is 13.1. The first-order chi connectivity index (χ1) is 14.6. The zero-order valence-corrected chi connectivity index (χ0v) is 17.8. The van der Waals surface area contributed by atoms with Crippen LogP contribution in [0.4, 0.5) is 0 Å². The smallest absolute Gasteiger partial charge is 0.289 e. The summed E-state index contributed by atoms with van der Waals surface area (Å²) in [6, 6.07) is 11.1. The first kappa shape index (κ1) is 22.1. The molecule has 0 radical (unpaired) electrons. The number of carbonyl (C=O) groups is 2. The van der Waals surface area contributed by atoms with Gasteiger partial charge >= 0.3 is 0 Å². The van der Waals surface area contributed by atoms with Gasteiger partial charge in [-0.3, -0.25) is 14.5 Å². The molecule has 1 aromatic carbocycles. The second-order valence-corrected chi connectivity index (χ2v) is 7.46. The minimum absolute atomic E-state index is 0.0128. The number of nitrogens with one attached hydrogen (secondary N) is 1. The number of amides is 2. The van der Waals surface area contributed by atoms with Gasteiger partial charge in [0.15, 0.2) is 5.76 Å². The van der Waals surface area contributed by atoms with Crippen LogP contribution in [0.5, 0.6) is 0 Å². The molecular weight excluding hydrogens is 382 g/mol. The highest BCUT2D eigenvalue weighted by molar-refractivity contribution is 5.91. The molecule has 2 aromatic rings. The maximum Gasteiger partial charge on any atom is 0.289 e. The molecule has 0 spiro atoms. The van der Waals surface area contributed by atoms with Gasteiger partial charge in [0.2, 0.25) is 5.91 Å². The van der Waals surface area contributed by atoms with Crippen LogP contribution in [-0.4, -0.2) is 67.6 Å². The van der Waals surface area contributed by atoms with Gasteiger partial charge in [0, 0.05) is 45.9 Å². The fourth-order valence-corrected chi connectivity index (χ4v) is 3.64. The quantitative estimate of drug-likeness (QED) is 0.640. The number of hydrogen-bond acceptors (Lipinski definition) is 5. The first-order valence-corrected chi connectivity index (χ1v) is 10.6. The molecular formula is C23H31N3O4. The van der Waals surface area contributed by atoms with Crippen LogP contribution in [0.25, 0.3) is 0 Å². The maximum atomic E-state index is 13.1. The molecule has 0 saturated carbocycles. The third-order valence-corrected chi connectivity index (χ3v) is 5.31. The Labute approximate surface area is 178 Å². The second kappa shape index (κ2) is 10.9.